The molecular weight excluding hydrogens is 398 g/mol. The second-order valence-corrected chi connectivity index (χ2v) is 8.19. The van der Waals surface area contributed by atoms with E-state index < -0.39 is 0 Å². The molecule has 0 amide bonds. The number of nitrogens with zero attached hydrogens (tertiary/aromatic N) is 3. The van der Waals surface area contributed by atoms with Crippen molar-refractivity contribution in [1.29, 1.82) is 0 Å². The molecule has 2 aromatic heterocycles. The van der Waals surface area contributed by atoms with Crippen molar-refractivity contribution in [3.05, 3.63) is 64.4 Å². The monoisotopic (exact) mass is 421 g/mol. The summed E-state index contributed by atoms with van der Waals surface area (Å²) < 4.78 is 13.0. The van der Waals surface area contributed by atoms with Gasteiger partial charge in [0, 0.05) is 11.9 Å². The Hall–Kier alpha value is -3.19. The molecule has 0 bridgehead atoms. The van der Waals surface area contributed by atoms with Crippen LogP contribution in [-0.4, -0.2) is 27.6 Å². The van der Waals surface area contributed by atoms with Gasteiger partial charge in [0.2, 0.25) is 0 Å². The van der Waals surface area contributed by atoms with Crippen LogP contribution in [0.25, 0.3) is 21.6 Å². The highest BCUT2D eigenvalue weighted by atomic mass is 32.1. The molecule has 30 heavy (non-hydrogen) atoms. The van der Waals surface area contributed by atoms with Crippen LogP contribution >= 0.6 is 11.3 Å². The van der Waals surface area contributed by atoms with Crippen molar-refractivity contribution in [2.75, 3.05) is 7.11 Å². The predicted octanol–water partition coefficient (Wildman–Crippen LogP) is 4.61. The molecule has 154 valence electrons. The van der Waals surface area contributed by atoms with E-state index in [-0.39, 0.29) is 19.0 Å². The van der Waals surface area contributed by atoms with Crippen molar-refractivity contribution >= 4 is 28.3 Å². The maximum absolute atomic E-state index is 12.4. The SMILES string of the molecule is COc1ccccc1-c1nc(C)c(CC(=O)OCc2ccc3c(c2)nc(C)n3C)s1. The molecule has 0 aliphatic carbocycles. The lowest BCUT2D eigenvalue weighted by Crippen LogP contribution is -2.07. The van der Waals surface area contributed by atoms with Crippen molar-refractivity contribution in [1.82, 2.24) is 14.5 Å². The average molecular weight is 422 g/mol. The third-order valence-corrected chi connectivity index (χ3v) is 6.29. The quantitative estimate of drug-likeness (QED) is 0.426. The van der Waals surface area contributed by atoms with Crippen LogP contribution in [0.15, 0.2) is 42.5 Å². The topological polar surface area (TPSA) is 66.2 Å². The number of carbonyl (C=O) groups excluding carboxylic acids is 1. The molecule has 0 fully saturated rings. The fraction of sp³-hybridized carbons (Fsp3) is 0.261. The number of hydrogen-bond acceptors (Lipinski definition) is 6. The van der Waals surface area contributed by atoms with Crippen molar-refractivity contribution in [2.45, 2.75) is 26.9 Å². The van der Waals surface area contributed by atoms with Crippen LogP contribution in [0, 0.1) is 13.8 Å². The van der Waals surface area contributed by atoms with E-state index >= 15 is 0 Å². The molecule has 4 aromatic rings. The average Bonchev–Trinajstić information content (AvgIpc) is 3.25. The molecule has 0 aliphatic heterocycles. The van der Waals surface area contributed by atoms with Crippen LogP contribution in [0.2, 0.25) is 0 Å². The number of thiazole rings is 1. The first-order valence-electron chi connectivity index (χ1n) is 9.63. The minimum Gasteiger partial charge on any atom is -0.496 e. The Bertz CT molecular complexity index is 1230. The van der Waals surface area contributed by atoms with E-state index in [4.69, 9.17) is 9.47 Å². The molecular formula is C23H23N3O3S. The summed E-state index contributed by atoms with van der Waals surface area (Å²) in [7, 11) is 3.63. The van der Waals surface area contributed by atoms with Gasteiger partial charge in [-0.3, -0.25) is 4.79 Å². The third kappa shape index (κ3) is 3.93. The number of imidazole rings is 1. The van der Waals surface area contributed by atoms with E-state index in [9.17, 15) is 4.79 Å². The molecule has 0 saturated heterocycles. The lowest BCUT2D eigenvalue weighted by Gasteiger charge is -2.05. The van der Waals surface area contributed by atoms with Gasteiger partial charge < -0.3 is 14.0 Å². The molecule has 4 rings (SSSR count). The first-order chi connectivity index (χ1) is 14.5. The highest BCUT2D eigenvalue weighted by molar-refractivity contribution is 7.15. The Morgan fingerprint density at radius 1 is 1.13 bits per heavy atom. The van der Waals surface area contributed by atoms with Crippen molar-refractivity contribution in [3.63, 3.8) is 0 Å². The van der Waals surface area contributed by atoms with E-state index in [1.165, 1.54) is 11.3 Å². The van der Waals surface area contributed by atoms with Crippen LogP contribution in [-0.2, 0) is 29.6 Å². The number of benzene rings is 2. The van der Waals surface area contributed by atoms with Gasteiger partial charge in [0.15, 0.2) is 0 Å². The largest absolute Gasteiger partial charge is 0.496 e. The van der Waals surface area contributed by atoms with Gasteiger partial charge >= 0.3 is 5.97 Å². The fourth-order valence-corrected chi connectivity index (χ4v) is 4.41. The van der Waals surface area contributed by atoms with E-state index in [1.54, 1.807) is 7.11 Å². The van der Waals surface area contributed by atoms with Gasteiger partial charge in [0.05, 0.1) is 35.8 Å². The number of methoxy groups -OCH3 is 1. The first-order valence-corrected chi connectivity index (χ1v) is 10.4. The minimum atomic E-state index is -0.273. The highest BCUT2D eigenvalue weighted by Crippen LogP contribution is 2.34. The molecule has 0 saturated carbocycles. The van der Waals surface area contributed by atoms with E-state index in [2.05, 4.69) is 9.97 Å². The molecule has 0 radical (unpaired) electrons. The van der Waals surface area contributed by atoms with E-state index in [0.717, 1.165) is 49.3 Å². The molecule has 7 heteroatoms. The van der Waals surface area contributed by atoms with Gasteiger partial charge in [0.25, 0.3) is 0 Å². The summed E-state index contributed by atoms with van der Waals surface area (Å²) in [5, 5.41) is 0.837. The van der Waals surface area contributed by atoms with Crippen LogP contribution in [0.3, 0.4) is 0 Å². The standard InChI is InChI=1S/C23H23N3O3S/c1-14-21(30-23(24-14)17-7-5-6-8-20(17)28-4)12-22(27)29-13-16-9-10-19-18(11-16)25-15(2)26(19)3/h5-11H,12-13H2,1-4H3. The number of aryl methyl sites for hydroxylation is 3. The van der Waals surface area contributed by atoms with Gasteiger partial charge in [0.1, 0.15) is 23.2 Å². The van der Waals surface area contributed by atoms with Crippen molar-refractivity contribution in [2.24, 2.45) is 7.05 Å². The summed E-state index contributed by atoms with van der Waals surface area (Å²) in [5.74, 6) is 1.44. The van der Waals surface area contributed by atoms with Crippen LogP contribution in [0.4, 0.5) is 0 Å². The Labute approximate surface area is 179 Å². The zero-order valence-corrected chi connectivity index (χ0v) is 18.2. The summed E-state index contributed by atoms with van der Waals surface area (Å²) in [6, 6.07) is 13.7. The Balaban J connectivity index is 1.44. The molecule has 0 aliphatic rings. The van der Waals surface area contributed by atoms with Crippen LogP contribution in [0.1, 0.15) is 22.0 Å². The second-order valence-electron chi connectivity index (χ2n) is 7.11. The number of para-hydroxylation sites is 1. The molecule has 0 unspecified atom stereocenters. The molecule has 6 nitrogen and oxygen atoms in total. The third-order valence-electron chi connectivity index (χ3n) is 5.10. The predicted molar refractivity (Wildman–Crippen MR) is 118 cm³/mol. The Morgan fingerprint density at radius 3 is 2.73 bits per heavy atom. The number of rotatable bonds is 6. The number of carbonyl (C=O) groups is 1. The van der Waals surface area contributed by atoms with Gasteiger partial charge in [-0.2, -0.15) is 0 Å². The molecule has 0 atom stereocenters. The fourth-order valence-electron chi connectivity index (χ4n) is 3.33. The van der Waals surface area contributed by atoms with Crippen LogP contribution in [0.5, 0.6) is 5.75 Å². The number of aromatic nitrogens is 3. The molecule has 2 heterocycles. The number of fused-ring (bicyclic) bond motifs is 1. The van der Waals surface area contributed by atoms with Crippen molar-refractivity contribution < 1.29 is 14.3 Å². The minimum absolute atomic E-state index is 0.198. The highest BCUT2D eigenvalue weighted by Gasteiger charge is 2.16. The summed E-state index contributed by atoms with van der Waals surface area (Å²) in [5.41, 5.74) is 4.65. The molecule has 0 N–H and O–H groups in total. The summed E-state index contributed by atoms with van der Waals surface area (Å²) >= 11 is 1.49. The normalized spacial score (nSPS) is 11.1. The smallest absolute Gasteiger partial charge is 0.311 e. The number of ether oxygens (including phenoxy) is 2. The van der Waals surface area contributed by atoms with Gasteiger partial charge in [-0.25, -0.2) is 9.97 Å². The lowest BCUT2D eigenvalue weighted by molar-refractivity contribution is -0.144. The van der Waals surface area contributed by atoms with Gasteiger partial charge in [-0.05, 0) is 43.7 Å². The van der Waals surface area contributed by atoms with Crippen molar-refractivity contribution in [3.8, 4) is 16.3 Å². The maximum Gasteiger partial charge on any atom is 0.311 e. The maximum atomic E-state index is 12.4. The number of esters is 1. The summed E-state index contributed by atoms with van der Waals surface area (Å²) in [6.45, 7) is 4.10. The van der Waals surface area contributed by atoms with Gasteiger partial charge in [-0.1, -0.05) is 18.2 Å². The lowest BCUT2D eigenvalue weighted by atomic mass is 10.2. The zero-order valence-electron chi connectivity index (χ0n) is 17.4. The van der Waals surface area contributed by atoms with E-state index in [0.29, 0.717) is 0 Å². The number of hydrogen-bond donors (Lipinski definition) is 0. The first kappa shape index (κ1) is 20.1. The summed E-state index contributed by atoms with van der Waals surface area (Å²) in [4.78, 5) is 22.5. The Morgan fingerprint density at radius 2 is 1.93 bits per heavy atom. The molecule has 0 spiro atoms. The summed E-state index contributed by atoms with van der Waals surface area (Å²) in [6.07, 6.45) is 0.198. The van der Waals surface area contributed by atoms with Crippen LogP contribution < -0.4 is 4.74 Å². The Kier molecular flexibility index (Phi) is 5.55. The van der Waals surface area contributed by atoms with Gasteiger partial charge in [-0.15, -0.1) is 11.3 Å². The molecule has 2 aromatic carbocycles. The second kappa shape index (κ2) is 8.28. The van der Waals surface area contributed by atoms with E-state index in [1.807, 2.05) is 67.9 Å². The zero-order chi connectivity index (χ0) is 21.3.